The Balaban J connectivity index is 1.76. The highest BCUT2D eigenvalue weighted by molar-refractivity contribution is 5.93. The number of hydrogen-bond acceptors (Lipinski definition) is 5. The summed E-state index contributed by atoms with van der Waals surface area (Å²) in [6.07, 6.45) is 1.62. The first-order valence-electron chi connectivity index (χ1n) is 9.42. The number of para-hydroxylation sites is 2. The number of amides is 1. The summed E-state index contributed by atoms with van der Waals surface area (Å²) in [5.41, 5.74) is 3.08. The van der Waals surface area contributed by atoms with E-state index < -0.39 is 4.92 Å². The van der Waals surface area contributed by atoms with E-state index in [1.165, 1.54) is 24.3 Å². The lowest BCUT2D eigenvalue weighted by Gasteiger charge is -2.11. The second-order valence-electron chi connectivity index (χ2n) is 6.66. The first-order chi connectivity index (χ1) is 15.0. The van der Waals surface area contributed by atoms with E-state index in [2.05, 4.69) is 11.4 Å². The minimum absolute atomic E-state index is 0.0514. The first kappa shape index (κ1) is 21.3. The molecule has 1 N–H and O–H groups in total. The molecule has 31 heavy (non-hydrogen) atoms. The summed E-state index contributed by atoms with van der Waals surface area (Å²) in [6, 6.07) is 22.3. The number of nitro benzene ring substituents is 1. The van der Waals surface area contributed by atoms with Crippen LogP contribution in [-0.4, -0.2) is 17.4 Å². The zero-order valence-corrected chi connectivity index (χ0v) is 16.7. The van der Waals surface area contributed by atoms with Gasteiger partial charge in [-0.15, -0.1) is 0 Å². The molecule has 3 rings (SSSR count). The van der Waals surface area contributed by atoms with Gasteiger partial charge in [0.2, 0.25) is 0 Å². The summed E-state index contributed by atoms with van der Waals surface area (Å²) in [6.45, 7) is 1.71. The zero-order valence-electron chi connectivity index (χ0n) is 16.7. The Bertz CT molecular complexity index is 1180. The highest BCUT2D eigenvalue weighted by atomic mass is 16.6. The number of aryl methyl sites for hydroxylation is 1. The predicted octanol–water partition coefficient (Wildman–Crippen LogP) is 4.98. The van der Waals surface area contributed by atoms with Crippen LogP contribution in [0.25, 0.3) is 11.6 Å². The number of benzene rings is 3. The molecule has 0 fully saturated rings. The zero-order chi connectivity index (χ0) is 22.2. The molecule has 154 valence electrons. The van der Waals surface area contributed by atoms with Gasteiger partial charge in [0.05, 0.1) is 16.6 Å². The van der Waals surface area contributed by atoms with Crippen molar-refractivity contribution in [3.05, 3.63) is 99.6 Å². The molecule has 0 saturated carbocycles. The molecule has 7 nitrogen and oxygen atoms in total. The molecule has 0 saturated heterocycles. The van der Waals surface area contributed by atoms with Gasteiger partial charge in [-0.05, 0) is 48.4 Å². The SMILES string of the molecule is Cc1ccccc1NC(=O)COc1ccccc1/C=C(\C#N)c1ccc([N+](=O)[O-])cc1. The maximum Gasteiger partial charge on any atom is 0.269 e. The van der Waals surface area contributed by atoms with E-state index in [1.807, 2.05) is 31.2 Å². The van der Waals surface area contributed by atoms with Crippen molar-refractivity contribution in [1.29, 1.82) is 5.26 Å². The lowest BCUT2D eigenvalue weighted by atomic mass is 10.0. The van der Waals surface area contributed by atoms with Crippen LogP contribution in [0.2, 0.25) is 0 Å². The lowest BCUT2D eigenvalue weighted by molar-refractivity contribution is -0.384. The number of anilines is 1. The summed E-state index contributed by atoms with van der Waals surface area (Å²) < 4.78 is 5.69. The molecule has 3 aromatic carbocycles. The van der Waals surface area contributed by atoms with Crippen molar-refractivity contribution in [2.24, 2.45) is 0 Å². The van der Waals surface area contributed by atoms with E-state index in [-0.39, 0.29) is 18.2 Å². The number of hydrogen-bond donors (Lipinski definition) is 1. The van der Waals surface area contributed by atoms with Gasteiger partial charge in [0, 0.05) is 23.4 Å². The molecule has 3 aromatic rings. The van der Waals surface area contributed by atoms with E-state index in [0.29, 0.717) is 28.1 Å². The fourth-order valence-electron chi connectivity index (χ4n) is 2.87. The van der Waals surface area contributed by atoms with Crippen LogP contribution in [0.1, 0.15) is 16.7 Å². The minimum Gasteiger partial charge on any atom is -0.483 e. The van der Waals surface area contributed by atoms with Gasteiger partial charge < -0.3 is 10.1 Å². The van der Waals surface area contributed by atoms with Crippen molar-refractivity contribution in [1.82, 2.24) is 0 Å². The number of ether oxygens (including phenoxy) is 1. The minimum atomic E-state index is -0.495. The average Bonchev–Trinajstić information content (AvgIpc) is 2.78. The van der Waals surface area contributed by atoms with E-state index >= 15 is 0 Å². The maximum atomic E-state index is 12.3. The quantitative estimate of drug-likeness (QED) is 0.254. The number of nitrogens with zero attached hydrogens (tertiary/aromatic N) is 2. The van der Waals surface area contributed by atoms with Crippen molar-refractivity contribution >= 4 is 28.9 Å². The van der Waals surface area contributed by atoms with Crippen LogP contribution < -0.4 is 10.1 Å². The number of nitrogens with one attached hydrogen (secondary N) is 1. The van der Waals surface area contributed by atoms with E-state index in [1.54, 1.807) is 30.3 Å². The number of carbonyl (C=O) groups excluding carboxylic acids is 1. The standard InChI is InChI=1S/C24H19N3O4/c1-17-6-2-4-8-22(17)26-24(28)16-31-23-9-5-3-7-19(23)14-20(15-25)18-10-12-21(13-11-18)27(29)30/h2-14H,16H2,1H3,(H,26,28)/b20-14+. The Morgan fingerprint density at radius 3 is 2.45 bits per heavy atom. The van der Waals surface area contributed by atoms with Gasteiger partial charge in [0.25, 0.3) is 11.6 Å². The monoisotopic (exact) mass is 413 g/mol. The Labute approximate surface area is 179 Å². The molecular weight excluding hydrogens is 394 g/mol. The fraction of sp³-hybridized carbons (Fsp3) is 0.0833. The molecule has 0 aliphatic rings. The number of non-ortho nitro benzene ring substituents is 1. The normalized spacial score (nSPS) is 10.8. The number of nitriles is 1. The van der Waals surface area contributed by atoms with Crippen molar-refractivity contribution in [3.63, 3.8) is 0 Å². The van der Waals surface area contributed by atoms with Gasteiger partial charge in [-0.1, -0.05) is 36.4 Å². The van der Waals surface area contributed by atoms with Gasteiger partial charge in [0.15, 0.2) is 6.61 Å². The van der Waals surface area contributed by atoms with Crippen LogP contribution in [0.4, 0.5) is 11.4 Å². The van der Waals surface area contributed by atoms with Crippen LogP contribution in [0, 0.1) is 28.4 Å². The van der Waals surface area contributed by atoms with Crippen molar-refractivity contribution in [2.75, 3.05) is 11.9 Å². The second kappa shape index (κ2) is 9.85. The molecule has 0 radical (unpaired) electrons. The molecule has 0 aliphatic carbocycles. The lowest BCUT2D eigenvalue weighted by Crippen LogP contribution is -2.20. The number of carbonyl (C=O) groups is 1. The largest absolute Gasteiger partial charge is 0.483 e. The second-order valence-corrected chi connectivity index (χ2v) is 6.66. The molecule has 0 unspecified atom stereocenters. The highest BCUT2D eigenvalue weighted by Gasteiger charge is 2.10. The predicted molar refractivity (Wildman–Crippen MR) is 118 cm³/mol. The Morgan fingerprint density at radius 1 is 1.10 bits per heavy atom. The van der Waals surface area contributed by atoms with Crippen LogP contribution in [0.5, 0.6) is 5.75 Å². The highest BCUT2D eigenvalue weighted by Crippen LogP contribution is 2.26. The van der Waals surface area contributed by atoms with Crippen molar-refractivity contribution < 1.29 is 14.5 Å². The van der Waals surface area contributed by atoms with E-state index in [9.17, 15) is 20.2 Å². The first-order valence-corrected chi connectivity index (χ1v) is 9.42. The third-order valence-electron chi connectivity index (χ3n) is 4.51. The van der Waals surface area contributed by atoms with Crippen LogP contribution >= 0.6 is 0 Å². The van der Waals surface area contributed by atoms with Gasteiger partial charge in [0.1, 0.15) is 5.75 Å². The molecule has 1 amide bonds. The molecule has 0 spiro atoms. The van der Waals surface area contributed by atoms with E-state index in [0.717, 1.165) is 5.56 Å². The van der Waals surface area contributed by atoms with Crippen LogP contribution in [0.15, 0.2) is 72.8 Å². The molecule has 0 aromatic heterocycles. The van der Waals surface area contributed by atoms with Gasteiger partial charge in [-0.2, -0.15) is 5.26 Å². The summed E-state index contributed by atoms with van der Waals surface area (Å²) in [5, 5.41) is 23.2. The Kier molecular flexibility index (Phi) is 6.76. The number of nitro groups is 1. The maximum absolute atomic E-state index is 12.3. The van der Waals surface area contributed by atoms with Gasteiger partial charge in [-0.25, -0.2) is 0 Å². The molecular formula is C24H19N3O4. The number of allylic oxidation sites excluding steroid dienone is 1. The van der Waals surface area contributed by atoms with Crippen LogP contribution in [0.3, 0.4) is 0 Å². The third-order valence-corrected chi connectivity index (χ3v) is 4.51. The molecule has 0 aliphatic heterocycles. The summed E-state index contributed by atoms with van der Waals surface area (Å²) in [4.78, 5) is 22.6. The average molecular weight is 413 g/mol. The summed E-state index contributed by atoms with van der Waals surface area (Å²) >= 11 is 0. The molecule has 0 atom stereocenters. The van der Waals surface area contributed by atoms with Crippen molar-refractivity contribution in [2.45, 2.75) is 6.92 Å². The van der Waals surface area contributed by atoms with Crippen LogP contribution in [-0.2, 0) is 4.79 Å². The summed E-state index contributed by atoms with van der Waals surface area (Å²) in [7, 11) is 0. The third kappa shape index (κ3) is 5.55. The van der Waals surface area contributed by atoms with Gasteiger partial charge >= 0.3 is 0 Å². The van der Waals surface area contributed by atoms with E-state index in [4.69, 9.17) is 4.74 Å². The van der Waals surface area contributed by atoms with Gasteiger partial charge in [-0.3, -0.25) is 14.9 Å². The Morgan fingerprint density at radius 2 is 1.77 bits per heavy atom. The molecule has 7 heteroatoms. The smallest absolute Gasteiger partial charge is 0.269 e. The fourth-order valence-corrected chi connectivity index (χ4v) is 2.87. The van der Waals surface area contributed by atoms with Crippen molar-refractivity contribution in [3.8, 4) is 11.8 Å². The Hall–Kier alpha value is -4.44. The summed E-state index contributed by atoms with van der Waals surface area (Å²) in [5.74, 6) is 0.140. The molecule has 0 bridgehead atoms. The number of rotatable bonds is 7. The molecule has 0 heterocycles. The topological polar surface area (TPSA) is 105 Å².